The number of amides is 1. The van der Waals surface area contributed by atoms with Crippen LogP contribution in [0.1, 0.15) is 37.9 Å². The first-order valence-corrected chi connectivity index (χ1v) is 10.5. The molecule has 0 aliphatic carbocycles. The number of rotatable bonds is 6. The summed E-state index contributed by atoms with van der Waals surface area (Å²) in [6.45, 7) is 5.26. The molecule has 3 rings (SSSR count). The van der Waals surface area contributed by atoms with Crippen molar-refractivity contribution in [3.63, 3.8) is 0 Å². The van der Waals surface area contributed by atoms with E-state index < -0.39 is 9.84 Å². The fourth-order valence-corrected chi connectivity index (χ4v) is 4.32. The predicted octanol–water partition coefficient (Wildman–Crippen LogP) is 0.687. The van der Waals surface area contributed by atoms with E-state index in [0.29, 0.717) is 26.1 Å². The number of hydrogen-bond acceptors (Lipinski definition) is 5. The van der Waals surface area contributed by atoms with Gasteiger partial charge in [0.25, 0.3) is 0 Å². The van der Waals surface area contributed by atoms with Crippen LogP contribution in [-0.4, -0.2) is 71.6 Å². The van der Waals surface area contributed by atoms with Gasteiger partial charge in [-0.15, -0.1) is 0 Å². The zero-order valence-electron chi connectivity index (χ0n) is 14.2. The lowest BCUT2D eigenvalue weighted by Crippen LogP contribution is -2.42. The SMILES string of the molecule is CCS(=O)(=O)CCN1Cc2ccnn2C(CC(=O)N2CCCC2)C1. The predicted molar refractivity (Wildman–Crippen MR) is 91.3 cm³/mol. The molecule has 0 aromatic carbocycles. The molecule has 2 aliphatic heterocycles. The second-order valence-corrected chi connectivity index (χ2v) is 9.16. The number of nitrogens with zero attached hydrogens (tertiary/aromatic N) is 4. The highest BCUT2D eigenvalue weighted by Crippen LogP contribution is 2.24. The van der Waals surface area contributed by atoms with Gasteiger partial charge >= 0.3 is 0 Å². The van der Waals surface area contributed by atoms with Crippen LogP contribution in [0, 0.1) is 0 Å². The van der Waals surface area contributed by atoms with E-state index in [1.807, 2.05) is 15.6 Å². The molecular formula is C16H26N4O3S. The molecule has 1 unspecified atom stereocenters. The smallest absolute Gasteiger partial charge is 0.224 e. The topological polar surface area (TPSA) is 75.5 Å². The van der Waals surface area contributed by atoms with Gasteiger partial charge in [-0.05, 0) is 18.9 Å². The van der Waals surface area contributed by atoms with Crippen molar-refractivity contribution in [3.05, 3.63) is 18.0 Å². The summed E-state index contributed by atoms with van der Waals surface area (Å²) in [6, 6.07) is 1.94. The molecule has 0 spiro atoms. The van der Waals surface area contributed by atoms with Crippen LogP contribution in [0.2, 0.25) is 0 Å². The molecule has 0 bridgehead atoms. The second kappa shape index (κ2) is 7.23. The lowest BCUT2D eigenvalue weighted by atomic mass is 10.1. The fraction of sp³-hybridized carbons (Fsp3) is 0.750. The maximum absolute atomic E-state index is 12.5. The normalized spacial score (nSPS) is 21.9. The number of fused-ring (bicyclic) bond motifs is 1. The molecule has 1 aromatic rings. The molecule has 2 aliphatic rings. The molecular weight excluding hydrogens is 328 g/mol. The summed E-state index contributed by atoms with van der Waals surface area (Å²) in [7, 11) is -2.98. The van der Waals surface area contributed by atoms with E-state index in [0.717, 1.165) is 31.6 Å². The Balaban J connectivity index is 1.66. The lowest BCUT2D eigenvalue weighted by Gasteiger charge is -2.34. The Bertz CT molecular complexity index is 679. The summed E-state index contributed by atoms with van der Waals surface area (Å²) < 4.78 is 25.5. The lowest BCUT2D eigenvalue weighted by molar-refractivity contribution is -0.131. The molecule has 0 radical (unpaired) electrons. The number of carbonyl (C=O) groups excluding carboxylic acids is 1. The summed E-state index contributed by atoms with van der Waals surface area (Å²) in [4.78, 5) is 16.6. The van der Waals surface area contributed by atoms with E-state index in [1.165, 1.54) is 0 Å². The zero-order valence-corrected chi connectivity index (χ0v) is 15.0. The molecule has 1 aromatic heterocycles. The van der Waals surface area contributed by atoms with Crippen LogP contribution in [0.15, 0.2) is 12.3 Å². The standard InChI is InChI=1S/C16H26N4O3S/c1-2-24(22,23)10-9-18-12-14-5-6-17-20(14)15(13-18)11-16(21)19-7-3-4-8-19/h5-6,15H,2-4,7-13H2,1H3. The second-order valence-electron chi connectivity index (χ2n) is 6.68. The van der Waals surface area contributed by atoms with Crippen LogP contribution in [-0.2, 0) is 21.2 Å². The van der Waals surface area contributed by atoms with Crippen molar-refractivity contribution in [1.29, 1.82) is 0 Å². The van der Waals surface area contributed by atoms with Crippen molar-refractivity contribution in [3.8, 4) is 0 Å². The zero-order chi connectivity index (χ0) is 17.2. The third-order valence-electron chi connectivity index (χ3n) is 4.98. The third kappa shape index (κ3) is 3.97. The van der Waals surface area contributed by atoms with Gasteiger partial charge in [0.15, 0.2) is 9.84 Å². The Morgan fingerprint density at radius 3 is 2.79 bits per heavy atom. The summed E-state index contributed by atoms with van der Waals surface area (Å²) >= 11 is 0. The average molecular weight is 354 g/mol. The van der Waals surface area contributed by atoms with Crippen LogP contribution in [0.4, 0.5) is 0 Å². The molecule has 3 heterocycles. The highest BCUT2D eigenvalue weighted by Gasteiger charge is 2.30. The molecule has 1 amide bonds. The monoisotopic (exact) mass is 354 g/mol. The van der Waals surface area contributed by atoms with Gasteiger partial charge in [-0.3, -0.25) is 14.4 Å². The maximum Gasteiger partial charge on any atom is 0.224 e. The first-order valence-electron chi connectivity index (χ1n) is 8.71. The van der Waals surface area contributed by atoms with Gasteiger partial charge in [-0.1, -0.05) is 6.92 Å². The maximum atomic E-state index is 12.5. The van der Waals surface area contributed by atoms with Gasteiger partial charge in [-0.25, -0.2) is 8.42 Å². The summed E-state index contributed by atoms with van der Waals surface area (Å²) in [6.07, 6.45) is 4.37. The highest BCUT2D eigenvalue weighted by molar-refractivity contribution is 7.91. The summed E-state index contributed by atoms with van der Waals surface area (Å²) in [5.74, 6) is 0.530. The van der Waals surface area contributed by atoms with Gasteiger partial charge < -0.3 is 4.90 Å². The van der Waals surface area contributed by atoms with Gasteiger partial charge in [-0.2, -0.15) is 5.10 Å². The first kappa shape index (κ1) is 17.4. The number of likely N-dealkylation sites (tertiary alicyclic amines) is 1. The minimum atomic E-state index is -2.98. The highest BCUT2D eigenvalue weighted by atomic mass is 32.2. The molecule has 0 N–H and O–H groups in total. The molecule has 134 valence electrons. The van der Waals surface area contributed by atoms with E-state index >= 15 is 0 Å². The van der Waals surface area contributed by atoms with E-state index in [4.69, 9.17) is 0 Å². The van der Waals surface area contributed by atoms with Crippen LogP contribution in [0.25, 0.3) is 0 Å². The number of sulfone groups is 1. The Labute approximate surface area is 143 Å². The average Bonchev–Trinajstić information content (AvgIpc) is 3.24. The van der Waals surface area contributed by atoms with E-state index in [9.17, 15) is 13.2 Å². The van der Waals surface area contributed by atoms with Gasteiger partial charge in [0, 0.05) is 44.7 Å². The van der Waals surface area contributed by atoms with Crippen molar-refractivity contribution in [1.82, 2.24) is 19.6 Å². The van der Waals surface area contributed by atoms with E-state index in [-0.39, 0.29) is 23.5 Å². The minimum Gasteiger partial charge on any atom is -0.343 e. The number of carbonyl (C=O) groups is 1. The molecule has 7 nitrogen and oxygen atoms in total. The van der Waals surface area contributed by atoms with Gasteiger partial charge in [0.2, 0.25) is 5.91 Å². The third-order valence-corrected chi connectivity index (χ3v) is 6.66. The Morgan fingerprint density at radius 1 is 1.33 bits per heavy atom. The van der Waals surface area contributed by atoms with Crippen LogP contribution in [0.5, 0.6) is 0 Å². The van der Waals surface area contributed by atoms with Crippen molar-refractivity contribution < 1.29 is 13.2 Å². The summed E-state index contributed by atoms with van der Waals surface area (Å²) in [5.41, 5.74) is 1.05. The fourth-order valence-electron chi connectivity index (χ4n) is 3.50. The molecule has 24 heavy (non-hydrogen) atoms. The Hall–Kier alpha value is -1.41. The molecule has 8 heteroatoms. The molecule has 1 fully saturated rings. The number of aromatic nitrogens is 2. The molecule has 1 saturated heterocycles. The largest absolute Gasteiger partial charge is 0.343 e. The van der Waals surface area contributed by atoms with Crippen LogP contribution < -0.4 is 0 Å². The van der Waals surface area contributed by atoms with Crippen molar-refractivity contribution in [2.24, 2.45) is 0 Å². The quantitative estimate of drug-likeness (QED) is 0.751. The van der Waals surface area contributed by atoms with Crippen molar-refractivity contribution in [2.75, 3.05) is 37.7 Å². The Kier molecular flexibility index (Phi) is 5.24. The van der Waals surface area contributed by atoms with Gasteiger partial charge in [0.05, 0.1) is 23.9 Å². The van der Waals surface area contributed by atoms with Crippen LogP contribution >= 0.6 is 0 Å². The molecule has 1 atom stereocenters. The summed E-state index contributed by atoms with van der Waals surface area (Å²) in [5, 5.41) is 4.38. The van der Waals surface area contributed by atoms with Crippen molar-refractivity contribution >= 4 is 15.7 Å². The minimum absolute atomic E-state index is 0.0128. The van der Waals surface area contributed by atoms with Crippen molar-refractivity contribution in [2.45, 2.75) is 38.8 Å². The molecule has 0 saturated carbocycles. The van der Waals surface area contributed by atoms with E-state index in [2.05, 4.69) is 10.00 Å². The van der Waals surface area contributed by atoms with Crippen LogP contribution in [0.3, 0.4) is 0 Å². The Morgan fingerprint density at radius 2 is 2.08 bits per heavy atom. The van der Waals surface area contributed by atoms with Gasteiger partial charge in [0.1, 0.15) is 0 Å². The first-order chi connectivity index (χ1) is 11.5. The van der Waals surface area contributed by atoms with E-state index in [1.54, 1.807) is 13.1 Å². The number of hydrogen-bond donors (Lipinski definition) is 0.